The number of fused-ring (bicyclic) bond motifs is 3. The van der Waals surface area contributed by atoms with Crippen molar-refractivity contribution in [1.29, 1.82) is 0 Å². The molecule has 0 aliphatic carbocycles. The molecular formula is C23H27NO7. The Bertz CT molecular complexity index is 1050. The fourth-order valence-corrected chi connectivity index (χ4v) is 3.92. The van der Waals surface area contributed by atoms with Crippen LogP contribution in [-0.2, 0) is 11.2 Å². The number of hydrogen-bond acceptors (Lipinski definition) is 5. The van der Waals surface area contributed by atoms with Crippen LogP contribution in [0.2, 0.25) is 0 Å². The Morgan fingerprint density at radius 2 is 1.90 bits per heavy atom. The van der Waals surface area contributed by atoms with Gasteiger partial charge in [-0.15, -0.1) is 0 Å². The van der Waals surface area contributed by atoms with E-state index in [0.717, 1.165) is 11.1 Å². The summed E-state index contributed by atoms with van der Waals surface area (Å²) in [4.78, 5) is 34.5. The van der Waals surface area contributed by atoms with Crippen LogP contribution in [0, 0.1) is 5.92 Å². The number of aliphatic carboxylic acids is 1. The Balaban J connectivity index is 1.99. The smallest absolute Gasteiger partial charge is 0.341 e. The van der Waals surface area contributed by atoms with Gasteiger partial charge in [0.2, 0.25) is 0 Å². The lowest BCUT2D eigenvalue weighted by atomic mass is 9.87. The molecule has 31 heavy (non-hydrogen) atoms. The van der Waals surface area contributed by atoms with E-state index in [2.05, 4.69) is 13.8 Å². The second-order valence-electron chi connectivity index (χ2n) is 8.02. The first kappa shape index (κ1) is 22.4. The van der Waals surface area contributed by atoms with Gasteiger partial charge >= 0.3 is 11.9 Å². The zero-order valence-corrected chi connectivity index (χ0v) is 17.9. The highest BCUT2D eigenvalue weighted by molar-refractivity contribution is 5.88. The van der Waals surface area contributed by atoms with Gasteiger partial charge in [-0.05, 0) is 42.9 Å². The molecule has 1 aromatic heterocycles. The van der Waals surface area contributed by atoms with Crippen molar-refractivity contribution in [3.63, 3.8) is 0 Å². The average Bonchev–Trinajstić information content (AvgIpc) is 2.71. The van der Waals surface area contributed by atoms with Gasteiger partial charge in [0.25, 0.3) is 0 Å². The normalized spacial score (nSPS) is 14.6. The van der Waals surface area contributed by atoms with Crippen molar-refractivity contribution in [2.24, 2.45) is 5.92 Å². The molecule has 0 unspecified atom stereocenters. The van der Waals surface area contributed by atoms with E-state index >= 15 is 0 Å². The van der Waals surface area contributed by atoms with Gasteiger partial charge in [0.05, 0.1) is 19.4 Å². The molecule has 1 aliphatic rings. The van der Waals surface area contributed by atoms with Crippen molar-refractivity contribution in [3.8, 4) is 22.8 Å². The lowest BCUT2D eigenvalue weighted by Gasteiger charge is -2.33. The van der Waals surface area contributed by atoms with Crippen molar-refractivity contribution >= 4 is 11.9 Å². The van der Waals surface area contributed by atoms with E-state index in [1.165, 1.54) is 19.4 Å². The van der Waals surface area contributed by atoms with Gasteiger partial charge < -0.3 is 24.3 Å². The number of carbonyl (C=O) groups is 2. The lowest BCUT2D eigenvalue weighted by molar-refractivity contribution is -0.137. The summed E-state index contributed by atoms with van der Waals surface area (Å²) in [6.07, 6.45) is 3.33. The number of aromatic carboxylic acids is 1. The SMILES string of the molecule is COc1cc2c(cc1OCCCCC(=O)O)C[C@@H](C(C)C)n1cc(C(=O)O)c(=O)cc1-2. The van der Waals surface area contributed by atoms with Gasteiger partial charge in [0.15, 0.2) is 16.9 Å². The number of nitrogens with zero attached hydrogens (tertiary/aromatic N) is 1. The van der Waals surface area contributed by atoms with Crippen LogP contribution in [-0.4, -0.2) is 40.4 Å². The number of carboxylic acid groups (broad SMARTS) is 2. The highest BCUT2D eigenvalue weighted by atomic mass is 16.5. The lowest BCUT2D eigenvalue weighted by Crippen LogP contribution is -2.28. The third-order valence-electron chi connectivity index (χ3n) is 5.57. The van der Waals surface area contributed by atoms with E-state index in [1.54, 1.807) is 0 Å². The van der Waals surface area contributed by atoms with Crippen LogP contribution >= 0.6 is 0 Å². The van der Waals surface area contributed by atoms with Gasteiger partial charge in [-0.1, -0.05) is 13.8 Å². The predicted molar refractivity (Wildman–Crippen MR) is 114 cm³/mol. The van der Waals surface area contributed by atoms with Crippen molar-refractivity contribution < 1.29 is 29.3 Å². The zero-order valence-electron chi connectivity index (χ0n) is 17.9. The van der Waals surface area contributed by atoms with Gasteiger partial charge in [0, 0.05) is 30.3 Å². The molecule has 8 heteroatoms. The van der Waals surface area contributed by atoms with Gasteiger partial charge in [-0.25, -0.2) is 4.79 Å². The first-order chi connectivity index (χ1) is 14.7. The van der Waals surface area contributed by atoms with Crippen molar-refractivity contribution in [1.82, 2.24) is 4.57 Å². The molecule has 2 N–H and O–H groups in total. The van der Waals surface area contributed by atoms with E-state index < -0.39 is 17.4 Å². The topological polar surface area (TPSA) is 115 Å². The first-order valence-corrected chi connectivity index (χ1v) is 10.3. The van der Waals surface area contributed by atoms with Gasteiger partial charge in [0.1, 0.15) is 5.56 Å². The van der Waals surface area contributed by atoms with Gasteiger partial charge in [-0.3, -0.25) is 9.59 Å². The summed E-state index contributed by atoms with van der Waals surface area (Å²) < 4.78 is 13.2. The van der Waals surface area contributed by atoms with E-state index in [4.69, 9.17) is 14.6 Å². The summed E-state index contributed by atoms with van der Waals surface area (Å²) >= 11 is 0. The molecular weight excluding hydrogens is 402 g/mol. The highest BCUT2D eigenvalue weighted by Gasteiger charge is 2.29. The minimum absolute atomic E-state index is 0.0157. The van der Waals surface area contributed by atoms with Crippen LogP contribution in [0.5, 0.6) is 11.5 Å². The summed E-state index contributed by atoms with van der Waals surface area (Å²) in [7, 11) is 1.53. The summed E-state index contributed by atoms with van der Waals surface area (Å²) in [6.45, 7) is 4.48. The highest BCUT2D eigenvalue weighted by Crippen LogP contribution is 2.42. The fraction of sp³-hybridized carbons (Fsp3) is 0.435. The molecule has 0 fully saturated rings. The quantitative estimate of drug-likeness (QED) is 0.585. The Hall–Kier alpha value is -3.29. The number of rotatable bonds is 9. The molecule has 1 atom stereocenters. The molecule has 2 heterocycles. The molecule has 1 aliphatic heterocycles. The van der Waals surface area contributed by atoms with E-state index in [0.29, 0.717) is 43.1 Å². The molecule has 0 amide bonds. The largest absolute Gasteiger partial charge is 0.493 e. The van der Waals surface area contributed by atoms with Crippen molar-refractivity contribution in [3.05, 3.63) is 45.7 Å². The number of methoxy groups -OCH3 is 1. The third-order valence-corrected chi connectivity index (χ3v) is 5.57. The maximum absolute atomic E-state index is 12.4. The monoisotopic (exact) mass is 429 g/mol. The summed E-state index contributed by atoms with van der Waals surface area (Å²) in [6, 6.07) is 5.07. The maximum atomic E-state index is 12.4. The van der Waals surface area contributed by atoms with Crippen LogP contribution in [0.15, 0.2) is 29.2 Å². The minimum Gasteiger partial charge on any atom is -0.493 e. The predicted octanol–water partition coefficient (Wildman–Crippen LogP) is 3.61. The van der Waals surface area contributed by atoms with Crippen LogP contribution in [0.25, 0.3) is 11.3 Å². The third kappa shape index (κ3) is 4.73. The van der Waals surface area contributed by atoms with E-state index in [9.17, 15) is 19.5 Å². The molecule has 3 rings (SSSR count). The zero-order chi connectivity index (χ0) is 22.7. The molecule has 2 aromatic rings. The number of ether oxygens (including phenoxy) is 2. The number of carboxylic acids is 2. The summed E-state index contributed by atoms with van der Waals surface area (Å²) in [5.41, 5.74) is 1.67. The number of benzene rings is 1. The molecule has 166 valence electrons. The first-order valence-electron chi connectivity index (χ1n) is 10.3. The van der Waals surface area contributed by atoms with Crippen molar-refractivity contribution in [2.75, 3.05) is 13.7 Å². The Morgan fingerprint density at radius 3 is 2.52 bits per heavy atom. The molecule has 0 saturated carbocycles. The van der Waals surface area contributed by atoms with Crippen molar-refractivity contribution in [2.45, 2.75) is 45.6 Å². The maximum Gasteiger partial charge on any atom is 0.341 e. The average molecular weight is 429 g/mol. The second-order valence-corrected chi connectivity index (χ2v) is 8.02. The Kier molecular flexibility index (Phi) is 6.68. The Labute approximate surface area is 180 Å². The van der Waals surface area contributed by atoms with Crippen LogP contribution in [0.1, 0.15) is 55.1 Å². The number of aromatic nitrogens is 1. The molecule has 0 saturated heterocycles. The number of pyridine rings is 1. The summed E-state index contributed by atoms with van der Waals surface area (Å²) in [5.74, 6) is -0.791. The minimum atomic E-state index is -1.24. The molecule has 0 bridgehead atoms. The second kappa shape index (κ2) is 9.24. The standard InChI is InChI=1S/C23H27NO7/c1-13(2)17-8-14-9-21(31-7-5-4-6-22(26)27)20(30-3)10-15(14)18-11-19(25)16(23(28)29)12-24(17)18/h9-13,17H,4-8H2,1-3H3,(H,26,27)(H,28,29)/t17-/m0/s1. The van der Waals surface area contributed by atoms with Crippen LogP contribution in [0.4, 0.5) is 0 Å². The fourth-order valence-electron chi connectivity index (χ4n) is 3.92. The Morgan fingerprint density at radius 1 is 1.16 bits per heavy atom. The molecule has 0 radical (unpaired) electrons. The summed E-state index contributed by atoms with van der Waals surface area (Å²) in [5, 5.41) is 18.1. The number of unbranched alkanes of at least 4 members (excludes halogenated alkanes) is 1. The molecule has 8 nitrogen and oxygen atoms in total. The molecule has 0 spiro atoms. The van der Waals surface area contributed by atoms with Crippen LogP contribution < -0.4 is 14.9 Å². The van der Waals surface area contributed by atoms with E-state index in [-0.39, 0.29) is 23.9 Å². The molecule has 1 aromatic carbocycles. The van der Waals surface area contributed by atoms with Gasteiger partial charge in [-0.2, -0.15) is 0 Å². The van der Waals surface area contributed by atoms with Crippen LogP contribution in [0.3, 0.4) is 0 Å². The number of hydrogen-bond donors (Lipinski definition) is 2. The van der Waals surface area contributed by atoms with E-state index in [1.807, 2.05) is 16.7 Å².